The van der Waals surface area contributed by atoms with E-state index in [0.29, 0.717) is 19.3 Å². The van der Waals surface area contributed by atoms with Crippen LogP contribution in [0.25, 0.3) is 0 Å². The molecule has 0 spiro atoms. The van der Waals surface area contributed by atoms with E-state index in [2.05, 4.69) is 18.2 Å². The SMILES string of the molecule is Cc1cccc([C@@H]2CC(=O)N(N(C)C)C3=C2C(=O)C[C@H](c2ccccc2)C3)c1. The van der Waals surface area contributed by atoms with Crippen LogP contribution in [0, 0.1) is 6.92 Å². The van der Waals surface area contributed by atoms with Crippen LogP contribution in [0.3, 0.4) is 0 Å². The molecule has 4 nitrogen and oxygen atoms in total. The minimum Gasteiger partial charge on any atom is -0.294 e. The molecule has 4 heteroatoms. The van der Waals surface area contributed by atoms with E-state index in [9.17, 15) is 9.59 Å². The number of Topliss-reactive ketones (excluding diaryl/α,β-unsaturated/α-hetero) is 1. The highest BCUT2D eigenvalue weighted by molar-refractivity contribution is 6.02. The number of aryl methyl sites for hydroxylation is 1. The molecule has 2 atom stereocenters. The summed E-state index contributed by atoms with van der Waals surface area (Å²) in [6, 6.07) is 18.4. The quantitative estimate of drug-likeness (QED) is 0.809. The molecule has 2 aromatic carbocycles. The third-order valence-electron chi connectivity index (χ3n) is 5.82. The molecule has 4 rings (SSSR count). The molecule has 28 heavy (non-hydrogen) atoms. The Labute approximate surface area is 166 Å². The van der Waals surface area contributed by atoms with E-state index >= 15 is 0 Å². The van der Waals surface area contributed by atoms with Crippen molar-refractivity contribution in [1.29, 1.82) is 0 Å². The van der Waals surface area contributed by atoms with Crippen molar-refractivity contribution in [3.63, 3.8) is 0 Å². The zero-order chi connectivity index (χ0) is 19.8. The van der Waals surface area contributed by atoms with E-state index in [-0.39, 0.29) is 23.5 Å². The summed E-state index contributed by atoms with van der Waals surface area (Å²) in [4.78, 5) is 26.4. The van der Waals surface area contributed by atoms with Gasteiger partial charge in [0.1, 0.15) is 0 Å². The summed E-state index contributed by atoms with van der Waals surface area (Å²) in [6.45, 7) is 2.05. The van der Waals surface area contributed by atoms with Crippen LogP contribution in [0.1, 0.15) is 47.8 Å². The molecule has 2 aromatic rings. The number of ketones is 1. The Kier molecular flexibility index (Phi) is 4.90. The Bertz CT molecular complexity index is 946. The summed E-state index contributed by atoms with van der Waals surface area (Å²) in [6.07, 6.45) is 1.54. The van der Waals surface area contributed by atoms with Crippen molar-refractivity contribution in [2.75, 3.05) is 14.1 Å². The summed E-state index contributed by atoms with van der Waals surface area (Å²) in [5.74, 6) is 0.180. The lowest BCUT2D eigenvalue weighted by Gasteiger charge is -2.42. The van der Waals surface area contributed by atoms with Crippen LogP contribution < -0.4 is 0 Å². The fraction of sp³-hybridized carbons (Fsp3) is 0.333. The van der Waals surface area contributed by atoms with Crippen LogP contribution in [0.4, 0.5) is 0 Å². The standard InChI is InChI=1S/C24H26N2O2/c1-16-8-7-11-18(12-16)20-15-23(28)26(25(2)3)21-13-19(14-22(27)24(20)21)17-9-5-4-6-10-17/h4-12,19-20H,13-15H2,1-3H3/t19-,20+/m1/s1. The number of hydrogen-bond donors (Lipinski definition) is 0. The molecule has 2 aliphatic rings. The minimum atomic E-state index is -0.150. The fourth-order valence-electron chi connectivity index (χ4n) is 4.62. The number of carbonyl (C=O) groups is 2. The maximum absolute atomic E-state index is 13.3. The van der Waals surface area contributed by atoms with Crippen molar-refractivity contribution < 1.29 is 9.59 Å². The van der Waals surface area contributed by atoms with Crippen LogP contribution in [0.15, 0.2) is 65.9 Å². The normalized spacial score (nSPS) is 22.6. The lowest BCUT2D eigenvalue weighted by Crippen LogP contribution is -2.47. The third kappa shape index (κ3) is 3.29. The zero-order valence-corrected chi connectivity index (χ0v) is 16.7. The largest absolute Gasteiger partial charge is 0.294 e. The second kappa shape index (κ2) is 7.36. The zero-order valence-electron chi connectivity index (χ0n) is 16.7. The summed E-state index contributed by atoms with van der Waals surface area (Å²) < 4.78 is 0. The van der Waals surface area contributed by atoms with Gasteiger partial charge in [-0.05, 0) is 30.4 Å². The molecule has 0 fully saturated rings. The lowest BCUT2D eigenvalue weighted by atomic mass is 9.73. The molecular formula is C24H26N2O2. The number of nitrogens with zero attached hydrogens (tertiary/aromatic N) is 2. The van der Waals surface area contributed by atoms with Crippen molar-refractivity contribution >= 4 is 11.7 Å². The second-order valence-electron chi connectivity index (χ2n) is 8.02. The molecule has 1 aliphatic heterocycles. The van der Waals surface area contributed by atoms with Crippen LogP contribution in [-0.4, -0.2) is 35.8 Å². The molecular weight excluding hydrogens is 348 g/mol. The van der Waals surface area contributed by atoms with Crippen LogP contribution in [0.5, 0.6) is 0 Å². The number of allylic oxidation sites excluding steroid dienone is 2. The maximum Gasteiger partial charge on any atom is 0.242 e. The molecule has 0 saturated heterocycles. The highest BCUT2D eigenvalue weighted by Crippen LogP contribution is 2.45. The van der Waals surface area contributed by atoms with Gasteiger partial charge in [-0.25, -0.2) is 10.0 Å². The van der Waals surface area contributed by atoms with Gasteiger partial charge in [0.15, 0.2) is 5.78 Å². The Morgan fingerprint density at radius 3 is 2.29 bits per heavy atom. The minimum absolute atomic E-state index is 0.0526. The van der Waals surface area contributed by atoms with Crippen LogP contribution in [-0.2, 0) is 9.59 Å². The summed E-state index contributed by atoms with van der Waals surface area (Å²) in [5, 5.41) is 3.53. The molecule has 0 radical (unpaired) electrons. The predicted octanol–water partition coefficient (Wildman–Crippen LogP) is 4.19. The van der Waals surface area contributed by atoms with Crippen molar-refractivity contribution in [2.24, 2.45) is 0 Å². The molecule has 1 amide bonds. The first-order chi connectivity index (χ1) is 13.5. The molecule has 1 aliphatic carbocycles. The highest BCUT2D eigenvalue weighted by atomic mass is 16.2. The first kappa shape index (κ1) is 18.6. The fourth-order valence-corrected chi connectivity index (χ4v) is 4.62. The molecule has 0 unspecified atom stereocenters. The average Bonchev–Trinajstić information content (AvgIpc) is 2.67. The van der Waals surface area contributed by atoms with Gasteiger partial charge in [0, 0.05) is 44.1 Å². The average molecular weight is 374 g/mol. The van der Waals surface area contributed by atoms with Crippen molar-refractivity contribution in [3.05, 3.63) is 82.6 Å². The van der Waals surface area contributed by atoms with E-state index in [1.807, 2.05) is 62.4 Å². The Hall–Kier alpha value is -2.72. The highest BCUT2D eigenvalue weighted by Gasteiger charge is 2.42. The van der Waals surface area contributed by atoms with Gasteiger partial charge in [-0.3, -0.25) is 9.59 Å². The summed E-state index contributed by atoms with van der Waals surface area (Å²) >= 11 is 0. The number of hydrazine groups is 1. The first-order valence-electron chi connectivity index (χ1n) is 9.83. The van der Waals surface area contributed by atoms with E-state index in [0.717, 1.165) is 28.0 Å². The van der Waals surface area contributed by atoms with Crippen LogP contribution >= 0.6 is 0 Å². The van der Waals surface area contributed by atoms with Gasteiger partial charge in [0.2, 0.25) is 5.91 Å². The molecule has 0 bridgehead atoms. The van der Waals surface area contributed by atoms with Gasteiger partial charge in [0.05, 0.1) is 0 Å². The van der Waals surface area contributed by atoms with E-state index in [1.54, 1.807) is 5.01 Å². The Morgan fingerprint density at radius 1 is 0.893 bits per heavy atom. The molecule has 1 heterocycles. The lowest BCUT2D eigenvalue weighted by molar-refractivity contribution is -0.143. The number of amides is 1. The van der Waals surface area contributed by atoms with E-state index in [1.165, 1.54) is 0 Å². The van der Waals surface area contributed by atoms with Crippen molar-refractivity contribution in [3.8, 4) is 0 Å². The monoisotopic (exact) mass is 374 g/mol. The van der Waals surface area contributed by atoms with E-state index < -0.39 is 0 Å². The van der Waals surface area contributed by atoms with Gasteiger partial charge in [-0.2, -0.15) is 0 Å². The molecule has 0 N–H and O–H groups in total. The van der Waals surface area contributed by atoms with Gasteiger partial charge in [0.25, 0.3) is 0 Å². The Balaban J connectivity index is 1.82. The number of benzene rings is 2. The molecule has 0 aromatic heterocycles. The topological polar surface area (TPSA) is 40.6 Å². The molecule has 144 valence electrons. The number of rotatable bonds is 3. The first-order valence-corrected chi connectivity index (χ1v) is 9.83. The van der Waals surface area contributed by atoms with E-state index in [4.69, 9.17) is 0 Å². The van der Waals surface area contributed by atoms with Gasteiger partial charge >= 0.3 is 0 Å². The van der Waals surface area contributed by atoms with Gasteiger partial charge < -0.3 is 0 Å². The van der Waals surface area contributed by atoms with Gasteiger partial charge in [-0.1, -0.05) is 60.2 Å². The third-order valence-corrected chi connectivity index (χ3v) is 5.82. The van der Waals surface area contributed by atoms with Gasteiger partial charge in [-0.15, -0.1) is 0 Å². The van der Waals surface area contributed by atoms with Crippen LogP contribution in [0.2, 0.25) is 0 Å². The second-order valence-corrected chi connectivity index (χ2v) is 8.02. The summed E-state index contributed by atoms with van der Waals surface area (Å²) in [7, 11) is 3.73. The number of hydrogen-bond acceptors (Lipinski definition) is 3. The molecule has 0 saturated carbocycles. The smallest absolute Gasteiger partial charge is 0.242 e. The summed E-state index contributed by atoms with van der Waals surface area (Å²) in [5.41, 5.74) is 5.06. The van der Waals surface area contributed by atoms with Crippen molar-refractivity contribution in [2.45, 2.75) is 38.0 Å². The van der Waals surface area contributed by atoms with Crippen molar-refractivity contribution in [1.82, 2.24) is 10.0 Å². The maximum atomic E-state index is 13.3. The predicted molar refractivity (Wildman–Crippen MR) is 110 cm³/mol. The Morgan fingerprint density at radius 2 is 1.61 bits per heavy atom. The number of carbonyl (C=O) groups excluding carboxylic acids is 2.